The fourth-order valence-electron chi connectivity index (χ4n) is 3.28. The predicted octanol–water partition coefficient (Wildman–Crippen LogP) is 3.32. The van der Waals surface area contributed by atoms with Crippen molar-refractivity contribution in [2.24, 2.45) is 0 Å². The van der Waals surface area contributed by atoms with E-state index in [9.17, 15) is 9.59 Å². The molecule has 0 spiro atoms. The van der Waals surface area contributed by atoms with E-state index in [1.54, 1.807) is 6.92 Å². The molecule has 0 unspecified atom stereocenters. The van der Waals surface area contributed by atoms with E-state index in [0.717, 1.165) is 36.3 Å². The van der Waals surface area contributed by atoms with Crippen molar-refractivity contribution in [3.63, 3.8) is 0 Å². The van der Waals surface area contributed by atoms with Gasteiger partial charge in [0, 0.05) is 10.9 Å². The number of carbonyl (C=O) groups excluding carboxylic acids is 2. The lowest BCUT2D eigenvalue weighted by Crippen LogP contribution is -2.42. The molecule has 148 valence electrons. The highest BCUT2D eigenvalue weighted by Gasteiger charge is 2.22. The monoisotopic (exact) mass is 393 g/mol. The van der Waals surface area contributed by atoms with Crippen LogP contribution in [0.15, 0.2) is 23.1 Å². The predicted molar refractivity (Wildman–Crippen MR) is 103 cm³/mol. The molecule has 1 aliphatic heterocycles. The van der Waals surface area contributed by atoms with Crippen LogP contribution in [0, 0.1) is 0 Å². The minimum Gasteiger partial charge on any atom is -0.486 e. The van der Waals surface area contributed by atoms with Crippen molar-refractivity contribution in [1.29, 1.82) is 0 Å². The van der Waals surface area contributed by atoms with Crippen LogP contribution >= 0.6 is 11.8 Å². The van der Waals surface area contributed by atoms with Gasteiger partial charge in [-0.3, -0.25) is 9.59 Å². The molecule has 27 heavy (non-hydrogen) atoms. The Morgan fingerprint density at radius 1 is 1.15 bits per heavy atom. The molecule has 1 fully saturated rings. The van der Waals surface area contributed by atoms with Crippen molar-refractivity contribution in [1.82, 2.24) is 5.32 Å². The number of hydrogen-bond acceptors (Lipinski definition) is 6. The number of ether oxygens (including phenoxy) is 3. The lowest BCUT2D eigenvalue weighted by Gasteiger charge is -2.20. The molecule has 1 aromatic carbocycles. The number of thioether (sulfide) groups is 1. The maximum Gasteiger partial charge on any atom is 0.317 e. The average molecular weight is 394 g/mol. The summed E-state index contributed by atoms with van der Waals surface area (Å²) in [6.45, 7) is 2.70. The van der Waals surface area contributed by atoms with Crippen molar-refractivity contribution in [3.05, 3.63) is 18.2 Å². The van der Waals surface area contributed by atoms with Crippen molar-refractivity contribution in [2.75, 3.05) is 19.0 Å². The number of nitrogens with one attached hydrogen (secondary N) is 1. The maximum atomic E-state index is 12.3. The Kier molecular flexibility index (Phi) is 7.26. The van der Waals surface area contributed by atoms with E-state index in [1.165, 1.54) is 24.6 Å². The first-order valence-corrected chi connectivity index (χ1v) is 10.6. The summed E-state index contributed by atoms with van der Waals surface area (Å²) in [6, 6.07) is 5.78. The van der Waals surface area contributed by atoms with Crippen LogP contribution < -0.4 is 14.8 Å². The summed E-state index contributed by atoms with van der Waals surface area (Å²) < 4.78 is 16.3. The fourth-order valence-corrected chi connectivity index (χ4v) is 3.99. The number of rotatable bonds is 6. The Morgan fingerprint density at radius 3 is 2.59 bits per heavy atom. The van der Waals surface area contributed by atoms with Gasteiger partial charge < -0.3 is 19.5 Å². The van der Waals surface area contributed by atoms with Gasteiger partial charge in [0.25, 0.3) is 5.91 Å². The van der Waals surface area contributed by atoms with Crippen molar-refractivity contribution in [2.45, 2.75) is 62.5 Å². The molecule has 0 radical (unpaired) electrons. The number of fused-ring (bicyclic) bond motifs is 1. The van der Waals surface area contributed by atoms with Gasteiger partial charge in [0.1, 0.15) is 13.2 Å². The first-order valence-electron chi connectivity index (χ1n) is 9.64. The number of carbonyl (C=O) groups is 2. The quantitative estimate of drug-likeness (QED) is 0.454. The van der Waals surface area contributed by atoms with E-state index in [1.807, 2.05) is 18.2 Å². The molecular weight excluding hydrogens is 366 g/mol. The molecule has 1 atom stereocenters. The third-order valence-electron chi connectivity index (χ3n) is 4.75. The lowest BCUT2D eigenvalue weighted by atomic mass is 10.1. The lowest BCUT2D eigenvalue weighted by molar-refractivity contribution is -0.152. The highest BCUT2D eigenvalue weighted by molar-refractivity contribution is 8.00. The molecule has 1 saturated carbocycles. The first-order chi connectivity index (χ1) is 13.1. The van der Waals surface area contributed by atoms with Crippen LogP contribution in [0.1, 0.15) is 45.4 Å². The van der Waals surface area contributed by atoms with Gasteiger partial charge in [0.05, 0.1) is 5.75 Å². The molecule has 7 heteroatoms. The SMILES string of the molecule is C[C@@H](OC(=O)CSc1ccc2c(c1)OCCO2)C(=O)NC1CCCCCC1. The number of esters is 1. The van der Waals surface area contributed by atoms with Crippen LogP contribution in [-0.2, 0) is 14.3 Å². The zero-order valence-corrected chi connectivity index (χ0v) is 16.5. The molecule has 0 aromatic heterocycles. The Morgan fingerprint density at radius 2 is 1.85 bits per heavy atom. The Bertz CT molecular complexity index is 658. The van der Waals surface area contributed by atoms with Gasteiger partial charge >= 0.3 is 5.97 Å². The van der Waals surface area contributed by atoms with E-state index in [4.69, 9.17) is 14.2 Å². The molecule has 1 aliphatic carbocycles. The first kappa shape index (κ1) is 19.9. The van der Waals surface area contributed by atoms with Gasteiger partial charge in [-0.15, -0.1) is 11.8 Å². The summed E-state index contributed by atoms with van der Waals surface area (Å²) in [5.41, 5.74) is 0. The molecule has 1 aromatic rings. The number of hydrogen-bond donors (Lipinski definition) is 1. The van der Waals surface area contributed by atoms with Crippen LogP contribution in [0.3, 0.4) is 0 Å². The minimum absolute atomic E-state index is 0.140. The summed E-state index contributed by atoms with van der Waals surface area (Å²) in [4.78, 5) is 25.3. The molecule has 2 aliphatic rings. The zero-order chi connectivity index (χ0) is 19.1. The van der Waals surface area contributed by atoms with Crippen molar-refractivity contribution < 1.29 is 23.8 Å². The molecule has 1 N–H and O–H groups in total. The number of amides is 1. The summed E-state index contributed by atoms with van der Waals surface area (Å²) >= 11 is 1.35. The van der Waals surface area contributed by atoms with E-state index < -0.39 is 12.1 Å². The average Bonchev–Trinajstić information content (AvgIpc) is 2.94. The van der Waals surface area contributed by atoms with Gasteiger partial charge in [0.15, 0.2) is 17.6 Å². The molecular formula is C20H27NO5S. The summed E-state index contributed by atoms with van der Waals surface area (Å²) in [6.07, 6.45) is 5.98. The summed E-state index contributed by atoms with van der Waals surface area (Å²) in [5, 5.41) is 3.02. The van der Waals surface area contributed by atoms with E-state index in [-0.39, 0.29) is 17.7 Å². The van der Waals surface area contributed by atoms with E-state index in [0.29, 0.717) is 19.0 Å². The van der Waals surface area contributed by atoms with Crippen molar-refractivity contribution in [3.8, 4) is 11.5 Å². The molecule has 1 heterocycles. The van der Waals surface area contributed by atoms with Gasteiger partial charge in [0.2, 0.25) is 0 Å². The Hall–Kier alpha value is -1.89. The Labute approximate surface area is 164 Å². The second kappa shape index (κ2) is 9.88. The smallest absolute Gasteiger partial charge is 0.317 e. The van der Waals surface area contributed by atoms with Gasteiger partial charge in [-0.05, 0) is 38.0 Å². The van der Waals surface area contributed by atoms with Gasteiger partial charge in [-0.2, -0.15) is 0 Å². The van der Waals surface area contributed by atoms with Crippen LogP contribution in [0.2, 0.25) is 0 Å². The second-order valence-electron chi connectivity index (χ2n) is 6.92. The molecule has 0 saturated heterocycles. The van der Waals surface area contributed by atoms with Gasteiger partial charge in [-0.25, -0.2) is 0 Å². The fraction of sp³-hybridized carbons (Fsp3) is 0.600. The minimum atomic E-state index is -0.776. The molecule has 0 bridgehead atoms. The van der Waals surface area contributed by atoms with Crippen LogP contribution in [-0.4, -0.2) is 43.0 Å². The number of benzene rings is 1. The van der Waals surface area contributed by atoms with Crippen LogP contribution in [0.5, 0.6) is 11.5 Å². The van der Waals surface area contributed by atoms with Gasteiger partial charge in [-0.1, -0.05) is 25.7 Å². The third-order valence-corrected chi connectivity index (χ3v) is 5.72. The normalized spacial score (nSPS) is 18.3. The van der Waals surface area contributed by atoms with E-state index >= 15 is 0 Å². The van der Waals surface area contributed by atoms with Crippen LogP contribution in [0.25, 0.3) is 0 Å². The molecule has 1 amide bonds. The topological polar surface area (TPSA) is 73.9 Å². The third kappa shape index (κ3) is 6.06. The largest absolute Gasteiger partial charge is 0.486 e. The summed E-state index contributed by atoms with van der Waals surface area (Å²) in [7, 11) is 0. The highest BCUT2D eigenvalue weighted by atomic mass is 32.2. The molecule has 6 nitrogen and oxygen atoms in total. The van der Waals surface area contributed by atoms with Crippen LogP contribution in [0.4, 0.5) is 0 Å². The standard InChI is InChI=1S/C20H27NO5S/c1-14(20(23)21-15-6-4-2-3-5-7-15)26-19(22)13-27-16-8-9-17-18(12-16)25-11-10-24-17/h8-9,12,14-15H,2-7,10-11,13H2,1H3,(H,21,23)/t14-/m1/s1. The highest BCUT2D eigenvalue weighted by Crippen LogP contribution is 2.34. The maximum absolute atomic E-state index is 12.3. The van der Waals surface area contributed by atoms with Crippen molar-refractivity contribution >= 4 is 23.6 Å². The summed E-state index contributed by atoms with van der Waals surface area (Å²) in [5.74, 6) is 0.937. The Balaban J connectivity index is 1.42. The zero-order valence-electron chi connectivity index (χ0n) is 15.7. The molecule has 3 rings (SSSR count). The second-order valence-corrected chi connectivity index (χ2v) is 7.97. The van der Waals surface area contributed by atoms with E-state index in [2.05, 4.69) is 5.32 Å².